The third-order valence-corrected chi connectivity index (χ3v) is 4.27. The van der Waals surface area contributed by atoms with Gasteiger partial charge in [0.2, 0.25) is 0 Å². The molecule has 0 aromatic carbocycles. The number of carbonyl (C=O) groups excluding carboxylic acids is 1. The third-order valence-electron chi connectivity index (χ3n) is 4.27. The summed E-state index contributed by atoms with van der Waals surface area (Å²) in [6, 6.07) is -0.675. The Labute approximate surface area is 120 Å². The van der Waals surface area contributed by atoms with Crippen molar-refractivity contribution >= 4 is 11.9 Å². The van der Waals surface area contributed by atoms with Crippen molar-refractivity contribution in [3.63, 3.8) is 0 Å². The number of nitrogens with zero attached hydrogens (tertiary/aromatic N) is 1. The zero-order valence-corrected chi connectivity index (χ0v) is 12.4. The average Bonchev–Trinajstić information content (AvgIpc) is 3.11. The number of carbonyl (C=O) groups is 2. The van der Waals surface area contributed by atoms with E-state index in [0.29, 0.717) is 6.42 Å². The number of ether oxygens (including phenoxy) is 1. The molecule has 0 radical (unpaired) electrons. The van der Waals surface area contributed by atoms with E-state index in [1.54, 1.807) is 6.92 Å². The lowest BCUT2D eigenvalue weighted by Crippen LogP contribution is -2.50. The molecule has 20 heavy (non-hydrogen) atoms. The molecular weight excluding hydrogens is 258 g/mol. The Hall–Kier alpha value is -1.10. The first-order valence-corrected chi connectivity index (χ1v) is 7.75. The van der Waals surface area contributed by atoms with Gasteiger partial charge in [-0.1, -0.05) is 19.8 Å². The van der Waals surface area contributed by atoms with E-state index >= 15 is 0 Å². The molecule has 0 bridgehead atoms. The van der Waals surface area contributed by atoms with E-state index < -0.39 is 18.1 Å². The van der Waals surface area contributed by atoms with Crippen molar-refractivity contribution in [2.24, 2.45) is 0 Å². The van der Waals surface area contributed by atoms with Crippen molar-refractivity contribution in [2.45, 2.75) is 83.1 Å². The summed E-state index contributed by atoms with van der Waals surface area (Å²) in [5.74, 6) is -1.09. The molecule has 2 fully saturated rings. The molecule has 0 aromatic rings. The fourth-order valence-electron chi connectivity index (χ4n) is 2.91. The summed E-state index contributed by atoms with van der Waals surface area (Å²) >= 11 is 0. The fourth-order valence-corrected chi connectivity index (χ4v) is 2.91. The van der Waals surface area contributed by atoms with Crippen LogP contribution >= 0.6 is 0 Å². The highest BCUT2D eigenvalue weighted by molar-refractivity contribution is 5.86. The molecule has 0 spiro atoms. The molecule has 0 aliphatic heterocycles. The van der Waals surface area contributed by atoms with Crippen LogP contribution in [0.25, 0.3) is 0 Å². The van der Waals surface area contributed by atoms with Crippen LogP contribution in [0.3, 0.4) is 0 Å². The lowest BCUT2D eigenvalue weighted by Gasteiger charge is -2.31. The van der Waals surface area contributed by atoms with Gasteiger partial charge < -0.3 is 14.7 Å². The van der Waals surface area contributed by atoms with Gasteiger partial charge in [0.05, 0.1) is 6.10 Å². The Kier molecular flexibility index (Phi) is 5.02. The standard InChI is InChI=1S/C15H25NO4/c1-3-13(20-12-6-4-5-7-12)14(17)16(11-8-9-11)10(2)15(18)19/h10-13H,3-9H2,1-2H3,(H,18,19). The van der Waals surface area contributed by atoms with Gasteiger partial charge in [-0.05, 0) is 39.0 Å². The van der Waals surface area contributed by atoms with Gasteiger partial charge in [0.15, 0.2) is 0 Å². The molecule has 2 rings (SSSR count). The second kappa shape index (κ2) is 6.57. The molecular formula is C15H25NO4. The van der Waals surface area contributed by atoms with E-state index in [1.807, 2.05) is 6.92 Å². The summed E-state index contributed by atoms with van der Waals surface area (Å²) in [4.78, 5) is 25.4. The average molecular weight is 283 g/mol. The van der Waals surface area contributed by atoms with Gasteiger partial charge in [0, 0.05) is 6.04 Å². The zero-order chi connectivity index (χ0) is 14.7. The van der Waals surface area contributed by atoms with Gasteiger partial charge in [0.25, 0.3) is 5.91 Å². The summed E-state index contributed by atoms with van der Waals surface area (Å²) in [7, 11) is 0. The quantitative estimate of drug-likeness (QED) is 0.777. The molecule has 2 atom stereocenters. The van der Waals surface area contributed by atoms with Crippen LogP contribution in [-0.4, -0.2) is 46.2 Å². The molecule has 2 aliphatic carbocycles. The Morgan fingerprint density at radius 2 is 1.85 bits per heavy atom. The van der Waals surface area contributed by atoms with Gasteiger partial charge >= 0.3 is 5.97 Å². The van der Waals surface area contributed by atoms with Gasteiger partial charge in [-0.2, -0.15) is 0 Å². The van der Waals surface area contributed by atoms with Crippen LogP contribution in [0.15, 0.2) is 0 Å². The van der Waals surface area contributed by atoms with Crippen LogP contribution < -0.4 is 0 Å². The Balaban J connectivity index is 2.01. The van der Waals surface area contributed by atoms with Crippen LogP contribution in [-0.2, 0) is 14.3 Å². The zero-order valence-electron chi connectivity index (χ0n) is 12.4. The maximum atomic E-state index is 12.6. The minimum Gasteiger partial charge on any atom is -0.480 e. The fraction of sp³-hybridized carbons (Fsp3) is 0.867. The lowest BCUT2D eigenvalue weighted by atomic mass is 10.1. The number of rotatable bonds is 7. The highest BCUT2D eigenvalue weighted by Gasteiger charge is 2.41. The van der Waals surface area contributed by atoms with Gasteiger partial charge in [-0.3, -0.25) is 4.79 Å². The summed E-state index contributed by atoms with van der Waals surface area (Å²) in [6.07, 6.45) is 6.45. The smallest absolute Gasteiger partial charge is 0.326 e. The molecule has 2 saturated carbocycles. The number of hydrogen-bond donors (Lipinski definition) is 1. The van der Waals surface area contributed by atoms with E-state index in [9.17, 15) is 14.7 Å². The van der Waals surface area contributed by atoms with E-state index in [1.165, 1.54) is 4.90 Å². The summed E-state index contributed by atoms with van der Waals surface area (Å²) in [5.41, 5.74) is 0. The van der Waals surface area contributed by atoms with E-state index in [4.69, 9.17) is 4.74 Å². The number of carboxylic acids is 1. The maximum absolute atomic E-state index is 12.6. The van der Waals surface area contributed by atoms with Crippen LogP contribution in [0.4, 0.5) is 0 Å². The van der Waals surface area contributed by atoms with E-state index in [2.05, 4.69) is 0 Å². The predicted molar refractivity (Wildman–Crippen MR) is 74.4 cm³/mol. The highest BCUT2D eigenvalue weighted by atomic mass is 16.5. The molecule has 5 heteroatoms. The topological polar surface area (TPSA) is 66.8 Å². The van der Waals surface area contributed by atoms with Crippen LogP contribution in [0, 0.1) is 0 Å². The summed E-state index contributed by atoms with van der Waals surface area (Å²) < 4.78 is 5.93. The number of aliphatic carboxylic acids is 1. The van der Waals surface area contributed by atoms with E-state index in [-0.39, 0.29) is 18.1 Å². The van der Waals surface area contributed by atoms with Gasteiger partial charge in [-0.15, -0.1) is 0 Å². The lowest BCUT2D eigenvalue weighted by molar-refractivity contribution is -0.158. The monoisotopic (exact) mass is 283 g/mol. The SMILES string of the molecule is CCC(OC1CCCC1)C(=O)N(C1CC1)C(C)C(=O)O. The minimum atomic E-state index is -0.944. The van der Waals surface area contributed by atoms with Crippen molar-refractivity contribution in [3.05, 3.63) is 0 Å². The predicted octanol–water partition coefficient (Wildman–Crippen LogP) is 2.19. The second-order valence-corrected chi connectivity index (χ2v) is 5.93. The molecule has 0 aromatic heterocycles. The number of amides is 1. The molecule has 1 N–H and O–H groups in total. The van der Waals surface area contributed by atoms with Crippen molar-refractivity contribution in [1.29, 1.82) is 0 Å². The van der Waals surface area contributed by atoms with Gasteiger partial charge in [0.1, 0.15) is 12.1 Å². The third kappa shape index (κ3) is 3.51. The van der Waals surface area contributed by atoms with Crippen LogP contribution in [0.1, 0.15) is 58.8 Å². The molecule has 114 valence electrons. The summed E-state index contributed by atoms with van der Waals surface area (Å²) in [5, 5.41) is 9.18. The number of carboxylic acid groups (broad SMARTS) is 1. The second-order valence-electron chi connectivity index (χ2n) is 5.93. The molecule has 0 saturated heterocycles. The van der Waals surface area contributed by atoms with Crippen molar-refractivity contribution in [2.75, 3.05) is 0 Å². The van der Waals surface area contributed by atoms with E-state index in [0.717, 1.165) is 38.5 Å². The van der Waals surface area contributed by atoms with Crippen molar-refractivity contribution < 1.29 is 19.4 Å². The highest BCUT2D eigenvalue weighted by Crippen LogP contribution is 2.31. The van der Waals surface area contributed by atoms with Gasteiger partial charge in [-0.25, -0.2) is 4.79 Å². The Morgan fingerprint density at radius 1 is 1.25 bits per heavy atom. The first kappa shape index (κ1) is 15.3. The summed E-state index contributed by atoms with van der Waals surface area (Å²) in [6.45, 7) is 3.51. The maximum Gasteiger partial charge on any atom is 0.326 e. The molecule has 1 amide bonds. The molecule has 5 nitrogen and oxygen atoms in total. The molecule has 2 aliphatic rings. The Morgan fingerprint density at radius 3 is 2.30 bits per heavy atom. The largest absolute Gasteiger partial charge is 0.480 e. The normalized spacial score (nSPS) is 22.5. The van der Waals surface area contributed by atoms with Crippen LogP contribution in [0.2, 0.25) is 0 Å². The molecule has 2 unspecified atom stereocenters. The van der Waals surface area contributed by atoms with Crippen molar-refractivity contribution in [3.8, 4) is 0 Å². The minimum absolute atomic E-state index is 0.0924. The first-order valence-electron chi connectivity index (χ1n) is 7.75. The Bertz CT molecular complexity index is 361. The molecule has 0 heterocycles. The first-order chi connectivity index (χ1) is 9.54. The van der Waals surface area contributed by atoms with Crippen LogP contribution in [0.5, 0.6) is 0 Å². The van der Waals surface area contributed by atoms with Crippen molar-refractivity contribution in [1.82, 2.24) is 4.90 Å². The number of hydrogen-bond acceptors (Lipinski definition) is 3.